The second-order valence-corrected chi connectivity index (χ2v) is 4.95. The Morgan fingerprint density at radius 1 is 1.19 bits per heavy atom. The molecule has 6 heteroatoms. The third-order valence-corrected chi connectivity index (χ3v) is 3.46. The maximum absolute atomic E-state index is 12.1. The fraction of sp³-hybridized carbons (Fsp3) is 0.467. The van der Waals surface area contributed by atoms with Crippen LogP contribution in [0.3, 0.4) is 0 Å². The number of nitrogens with one attached hydrogen (secondary N) is 3. The van der Waals surface area contributed by atoms with Gasteiger partial charge in [0.1, 0.15) is 0 Å². The molecule has 1 aliphatic heterocycles. The van der Waals surface area contributed by atoms with Crippen LogP contribution in [0.5, 0.6) is 0 Å². The third-order valence-electron chi connectivity index (χ3n) is 3.46. The number of hydrogen-bond acceptors (Lipinski definition) is 3. The van der Waals surface area contributed by atoms with Crippen LogP contribution in [0.1, 0.15) is 30.1 Å². The Morgan fingerprint density at radius 2 is 1.81 bits per heavy atom. The van der Waals surface area contributed by atoms with Crippen molar-refractivity contribution >= 4 is 29.9 Å². The summed E-state index contributed by atoms with van der Waals surface area (Å²) < 4.78 is 0. The molecule has 1 heterocycles. The van der Waals surface area contributed by atoms with Crippen LogP contribution >= 0.6 is 12.4 Å². The zero-order valence-electron chi connectivity index (χ0n) is 12.1. The van der Waals surface area contributed by atoms with E-state index in [1.165, 1.54) is 0 Å². The zero-order chi connectivity index (χ0) is 14.4. The number of anilines is 1. The highest BCUT2D eigenvalue weighted by molar-refractivity contribution is 5.96. The Hall–Kier alpha value is -1.59. The Labute approximate surface area is 131 Å². The highest BCUT2D eigenvalue weighted by Gasteiger charge is 2.20. The summed E-state index contributed by atoms with van der Waals surface area (Å²) >= 11 is 0. The first kappa shape index (κ1) is 17.5. The largest absolute Gasteiger partial charge is 0.352 e. The van der Waals surface area contributed by atoms with Crippen molar-refractivity contribution in [1.82, 2.24) is 10.6 Å². The van der Waals surface area contributed by atoms with E-state index in [9.17, 15) is 9.59 Å². The normalized spacial score (nSPS) is 14.9. The van der Waals surface area contributed by atoms with Crippen LogP contribution in [0.25, 0.3) is 0 Å². The van der Waals surface area contributed by atoms with Crippen LogP contribution in [0.15, 0.2) is 24.3 Å². The summed E-state index contributed by atoms with van der Waals surface area (Å²) in [6.45, 7) is 4.28. The minimum atomic E-state index is -0.0938. The molecule has 1 saturated heterocycles. The molecule has 2 rings (SSSR count). The molecule has 3 N–H and O–H groups in total. The zero-order valence-corrected chi connectivity index (χ0v) is 13.0. The van der Waals surface area contributed by atoms with Crippen LogP contribution < -0.4 is 16.0 Å². The lowest BCUT2D eigenvalue weighted by molar-refractivity contribution is -0.120. The second-order valence-electron chi connectivity index (χ2n) is 4.95. The van der Waals surface area contributed by atoms with Crippen molar-refractivity contribution in [2.24, 2.45) is 5.92 Å². The monoisotopic (exact) mass is 311 g/mol. The van der Waals surface area contributed by atoms with Crippen molar-refractivity contribution in [3.8, 4) is 0 Å². The Morgan fingerprint density at radius 3 is 2.38 bits per heavy atom. The first-order valence-corrected chi connectivity index (χ1v) is 7.10. The van der Waals surface area contributed by atoms with E-state index in [2.05, 4.69) is 16.0 Å². The Balaban J connectivity index is 0.00000220. The number of carbonyl (C=O) groups excluding carboxylic acids is 2. The van der Waals surface area contributed by atoms with Crippen LogP contribution in [-0.4, -0.2) is 31.4 Å². The van der Waals surface area contributed by atoms with Gasteiger partial charge in [0, 0.05) is 23.7 Å². The van der Waals surface area contributed by atoms with E-state index < -0.39 is 0 Å². The van der Waals surface area contributed by atoms with E-state index in [-0.39, 0.29) is 30.1 Å². The number of carbonyl (C=O) groups is 2. The molecular weight excluding hydrogens is 290 g/mol. The van der Waals surface area contributed by atoms with Crippen molar-refractivity contribution < 1.29 is 9.59 Å². The van der Waals surface area contributed by atoms with Crippen molar-refractivity contribution in [2.75, 3.05) is 25.0 Å². The lowest BCUT2D eigenvalue weighted by atomic mass is 9.97. The number of rotatable bonds is 4. The van der Waals surface area contributed by atoms with Gasteiger partial charge in [-0.2, -0.15) is 0 Å². The van der Waals surface area contributed by atoms with E-state index in [0.717, 1.165) is 31.6 Å². The lowest BCUT2D eigenvalue weighted by Crippen LogP contribution is -2.34. The van der Waals surface area contributed by atoms with Gasteiger partial charge in [-0.05, 0) is 57.1 Å². The molecule has 0 aliphatic carbocycles. The van der Waals surface area contributed by atoms with Crippen LogP contribution in [0, 0.1) is 5.92 Å². The Bertz CT molecular complexity index is 470. The molecule has 1 aliphatic rings. The maximum Gasteiger partial charge on any atom is 0.251 e. The molecule has 0 atom stereocenters. The summed E-state index contributed by atoms with van der Waals surface area (Å²) in [5, 5.41) is 8.89. The summed E-state index contributed by atoms with van der Waals surface area (Å²) in [4.78, 5) is 23.7. The quantitative estimate of drug-likeness (QED) is 0.794. The molecule has 21 heavy (non-hydrogen) atoms. The molecular formula is C15H22ClN3O2. The fourth-order valence-corrected chi connectivity index (χ4v) is 2.30. The molecule has 5 nitrogen and oxygen atoms in total. The summed E-state index contributed by atoms with van der Waals surface area (Å²) in [6.07, 6.45) is 1.76. The van der Waals surface area contributed by atoms with Crippen molar-refractivity contribution in [3.63, 3.8) is 0 Å². The van der Waals surface area contributed by atoms with Crippen molar-refractivity contribution in [2.45, 2.75) is 19.8 Å². The SMILES string of the molecule is CCNC(=O)c1ccc(NC(=O)C2CCNCC2)cc1.Cl. The molecule has 0 radical (unpaired) electrons. The average Bonchev–Trinajstić information content (AvgIpc) is 2.49. The maximum atomic E-state index is 12.1. The fourth-order valence-electron chi connectivity index (χ4n) is 2.30. The van der Waals surface area contributed by atoms with Gasteiger partial charge in [0.05, 0.1) is 0 Å². The molecule has 0 spiro atoms. The summed E-state index contributed by atoms with van der Waals surface area (Å²) in [7, 11) is 0. The average molecular weight is 312 g/mol. The molecule has 0 aromatic heterocycles. The van der Waals surface area contributed by atoms with Crippen molar-refractivity contribution in [3.05, 3.63) is 29.8 Å². The molecule has 1 aromatic rings. The van der Waals surface area contributed by atoms with E-state index in [0.29, 0.717) is 12.1 Å². The number of piperidine rings is 1. The Kier molecular flexibility index (Phi) is 7.19. The standard InChI is InChI=1S/C15H21N3O2.ClH/c1-2-17-14(19)11-3-5-13(6-4-11)18-15(20)12-7-9-16-10-8-12;/h3-6,12,16H,2,7-10H2,1H3,(H,17,19)(H,18,20);1H. The minimum Gasteiger partial charge on any atom is -0.352 e. The molecule has 116 valence electrons. The molecule has 0 bridgehead atoms. The molecule has 0 saturated carbocycles. The molecule has 1 fully saturated rings. The summed E-state index contributed by atoms with van der Waals surface area (Å²) in [5.41, 5.74) is 1.34. The van der Waals surface area contributed by atoms with Gasteiger partial charge in [-0.3, -0.25) is 9.59 Å². The van der Waals surface area contributed by atoms with Gasteiger partial charge in [0.25, 0.3) is 5.91 Å². The van der Waals surface area contributed by atoms with E-state index >= 15 is 0 Å². The van der Waals surface area contributed by atoms with Crippen molar-refractivity contribution in [1.29, 1.82) is 0 Å². The predicted octanol–water partition coefficient (Wildman–Crippen LogP) is 1.80. The van der Waals surface area contributed by atoms with E-state index in [4.69, 9.17) is 0 Å². The lowest BCUT2D eigenvalue weighted by Gasteiger charge is -2.21. The number of benzene rings is 1. The van der Waals surface area contributed by atoms with Gasteiger partial charge in [-0.15, -0.1) is 12.4 Å². The summed E-state index contributed by atoms with van der Waals surface area (Å²) in [5.74, 6) is 0.0558. The highest BCUT2D eigenvalue weighted by atomic mass is 35.5. The topological polar surface area (TPSA) is 70.2 Å². The molecule has 2 amide bonds. The van der Waals surface area contributed by atoms with Gasteiger partial charge in [0.2, 0.25) is 5.91 Å². The van der Waals surface area contributed by atoms with E-state index in [1.807, 2.05) is 6.92 Å². The first-order chi connectivity index (χ1) is 9.70. The van der Waals surface area contributed by atoms with Gasteiger partial charge in [-0.25, -0.2) is 0 Å². The van der Waals surface area contributed by atoms with E-state index in [1.54, 1.807) is 24.3 Å². The minimum absolute atomic E-state index is 0. The number of halogens is 1. The van der Waals surface area contributed by atoms with Gasteiger partial charge < -0.3 is 16.0 Å². The number of hydrogen-bond donors (Lipinski definition) is 3. The third kappa shape index (κ3) is 5.02. The first-order valence-electron chi connectivity index (χ1n) is 7.10. The smallest absolute Gasteiger partial charge is 0.251 e. The van der Waals surface area contributed by atoms with Crippen LogP contribution in [0.4, 0.5) is 5.69 Å². The van der Waals surface area contributed by atoms with Crippen LogP contribution in [-0.2, 0) is 4.79 Å². The highest BCUT2D eigenvalue weighted by Crippen LogP contribution is 2.16. The molecule has 1 aromatic carbocycles. The number of amides is 2. The molecule has 0 unspecified atom stereocenters. The van der Waals surface area contributed by atoms with Gasteiger partial charge in [0.15, 0.2) is 0 Å². The second kappa shape index (κ2) is 8.64. The van der Waals surface area contributed by atoms with Gasteiger partial charge >= 0.3 is 0 Å². The predicted molar refractivity (Wildman–Crippen MR) is 85.9 cm³/mol. The summed E-state index contributed by atoms with van der Waals surface area (Å²) in [6, 6.07) is 6.99. The van der Waals surface area contributed by atoms with Gasteiger partial charge in [-0.1, -0.05) is 0 Å². The van der Waals surface area contributed by atoms with Crippen LogP contribution in [0.2, 0.25) is 0 Å².